The van der Waals surface area contributed by atoms with E-state index in [0.717, 1.165) is 17.7 Å². The standard InChI is InChI=1S/C15H18N2O3/c1-3-14(18)16-11(2)12-5-7-13(8-6-12)17-9-4-10-20-15(17)19/h3,5-8,11H,1,4,9-10H2,2H3,(H,16,18). The molecule has 5 heteroatoms. The van der Waals surface area contributed by atoms with Gasteiger partial charge in [-0.15, -0.1) is 0 Å². The second-order valence-corrected chi connectivity index (χ2v) is 4.65. The Labute approximate surface area is 118 Å². The van der Waals surface area contributed by atoms with E-state index in [0.29, 0.717) is 13.2 Å². The molecule has 1 N–H and O–H groups in total. The minimum atomic E-state index is -0.308. The lowest BCUT2D eigenvalue weighted by Gasteiger charge is -2.26. The number of amides is 2. The number of cyclic esters (lactones) is 1. The second kappa shape index (κ2) is 6.23. The maximum atomic E-state index is 11.6. The smallest absolute Gasteiger partial charge is 0.414 e. The first-order valence-corrected chi connectivity index (χ1v) is 6.59. The number of nitrogens with zero attached hydrogens (tertiary/aromatic N) is 1. The van der Waals surface area contributed by atoms with E-state index in [9.17, 15) is 9.59 Å². The molecule has 1 heterocycles. The summed E-state index contributed by atoms with van der Waals surface area (Å²) < 4.78 is 5.01. The van der Waals surface area contributed by atoms with Gasteiger partial charge in [0.25, 0.3) is 0 Å². The molecule has 0 aliphatic carbocycles. The molecule has 20 heavy (non-hydrogen) atoms. The number of carbonyl (C=O) groups is 2. The van der Waals surface area contributed by atoms with Gasteiger partial charge in [-0.25, -0.2) is 4.79 Å². The van der Waals surface area contributed by atoms with Crippen molar-refractivity contribution in [2.24, 2.45) is 0 Å². The highest BCUT2D eigenvalue weighted by atomic mass is 16.6. The van der Waals surface area contributed by atoms with Crippen LogP contribution in [0.3, 0.4) is 0 Å². The number of benzene rings is 1. The number of rotatable bonds is 4. The Bertz CT molecular complexity index is 510. The average Bonchev–Trinajstić information content (AvgIpc) is 2.47. The number of hydrogen-bond donors (Lipinski definition) is 1. The summed E-state index contributed by atoms with van der Waals surface area (Å²) in [6, 6.07) is 7.40. The van der Waals surface area contributed by atoms with Crippen LogP contribution in [0.4, 0.5) is 10.5 Å². The monoisotopic (exact) mass is 274 g/mol. The van der Waals surface area contributed by atoms with Crippen molar-refractivity contribution in [2.45, 2.75) is 19.4 Å². The van der Waals surface area contributed by atoms with Gasteiger partial charge in [0.05, 0.1) is 12.6 Å². The van der Waals surface area contributed by atoms with Crippen LogP contribution in [0.25, 0.3) is 0 Å². The summed E-state index contributed by atoms with van der Waals surface area (Å²) in [5, 5.41) is 2.79. The summed E-state index contributed by atoms with van der Waals surface area (Å²) >= 11 is 0. The molecule has 1 fully saturated rings. The fraction of sp³-hybridized carbons (Fsp3) is 0.333. The van der Waals surface area contributed by atoms with Gasteiger partial charge in [0.1, 0.15) is 0 Å². The van der Waals surface area contributed by atoms with Crippen LogP contribution in [-0.2, 0) is 9.53 Å². The molecule has 1 aromatic carbocycles. The third kappa shape index (κ3) is 3.17. The molecule has 1 aliphatic heterocycles. The molecule has 1 aliphatic rings. The van der Waals surface area contributed by atoms with E-state index in [1.807, 2.05) is 31.2 Å². The lowest BCUT2D eigenvalue weighted by Crippen LogP contribution is -2.37. The molecule has 1 atom stereocenters. The molecule has 0 bridgehead atoms. The van der Waals surface area contributed by atoms with Gasteiger partial charge in [-0.1, -0.05) is 18.7 Å². The van der Waals surface area contributed by atoms with E-state index in [1.165, 1.54) is 6.08 Å². The SMILES string of the molecule is C=CC(=O)NC(C)c1ccc(N2CCCOC2=O)cc1. The Hall–Kier alpha value is -2.30. The predicted octanol–water partition coefficient (Wildman–Crippen LogP) is 2.40. The van der Waals surface area contributed by atoms with E-state index < -0.39 is 0 Å². The minimum absolute atomic E-state index is 0.108. The lowest BCUT2D eigenvalue weighted by molar-refractivity contribution is -0.117. The molecular formula is C15H18N2O3. The highest BCUT2D eigenvalue weighted by Crippen LogP contribution is 2.21. The van der Waals surface area contributed by atoms with Gasteiger partial charge in [-0.3, -0.25) is 9.69 Å². The number of ether oxygens (including phenoxy) is 1. The summed E-state index contributed by atoms with van der Waals surface area (Å²) in [6.07, 6.45) is 1.77. The molecule has 5 nitrogen and oxygen atoms in total. The zero-order valence-electron chi connectivity index (χ0n) is 11.5. The molecule has 0 saturated carbocycles. The Balaban J connectivity index is 2.07. The molecule has 0 spiro atoms. The molecule has 106 valence electrons. The van der Waals surface area contributed by atoms with Crippen LogP contribution in [0, 0.1) is 0 Å². The molecule has 1 unspecified atom stereocenters. The number of carbonyl (C=O) groups excluding carboxylic acids is 2. The van der Waals surface area contributed by atoms with Crippen LogP contribution in [0.5, 0.6) is 0 Å². The summed E-state index contributed by atoms with van der Waals surface area (Å²) in [7, 11) is 0. The van der Waals surface area contributed by atoms with Gasteiger partial charge in [0.2, 0.25) is 5.91 Å². The second-order valence-electron chi connectivity index (χ2n) is 4.65. The molecular weight excluding hydrogens is 256 g/mol. The van der Waals surface area contributed by atoms with Crippen molar-refractivity contribution in [2.75, 3.05) is 18.1 Å². The van der Waals surface area contributed by atoms with E-state index in [2.05, 4.69) is 11.9 Å². The first kappa shape index (κ1) is 14.1. The maximum absolute atomic E-state index is 11.6. The van der Waals surface area contributed by atoms with Crippen LogP contribution < -0.4 is 10.2 Å². The van der Waals surface area contributed by atoms with Crippen LogP contribution in [0.1, 0.15) is 24.9 Å². The Morgan fingerprint density at radius 3 is 2.75 bits per heavy atom. The average molecular weight is 274 g/mol. The molecule has 2 rings (SSSR count). The quantitative estimate of drug-likeness (QED) is 0.858. The summed E-state index contributed by atoms with van der Waals surface area (Å²) in [4.78, 5) is 24.5. The summed E-state index contributed by atoms with van der Waals surface area (Å²) in [6.45, 7) is 6.47. The molecule has 1 saturated heterocycles. The largest absolute Gasteiger partial charge is 0.449 e. The fourth-order valence-corrected chi connectivity index (χ4v) is 2.08. The third-order valence-electron chi connectivity index (χ3n) is 3.22. The van der Waals surface area contributed by atoms with Crippen LogP contribution in [-0.4, -0.2) is 25.2 Å². The van der Waals surface area contributed by atoms with Crippen molar-refractivity contribution in [3.63, 3.8) is 0 Å². The van der Waals surface area contributed by atoms with Gasteiger partial charge in [-0.2, -0.15) is 0 Å². The number of hydrogen-bond acceptors (Lipinski definition) is 3. The third-order valence-corrected chi connectivity index (χ3v) is 3.22. The van der Waals surface area contributed by atoms with Crippen molar-refractivity contribution < 1.29 is 14.3 Å². The minimum Gasteiger partial charge on any atom is -0.449 e. The van der Waals surface area contributed by atoms with E-state index >= 15 is 0 Å². The maximum Gasteiger partial charge on any atom is 0.414 e. The van der Waals surface area contributed by atoms with Gasteiger partial charge in [0.15, 0.2) is 0 Å². The van der Waals surface area contributed by atoms with Crippen LogP contribution in [0.2, 0.25) is 0 Å². The van der Waals surface area contributed by atoms with Gasteiger partial charge in [0, 0.05) is 12.2 Å². The van der Waals surface area contributed by atoms with E-state index in [4.69, 9.17) is 4.74 Å². The number of nitrogens with one attached hydrogen (secondary N) is 1. The molecule has 2 amide bonds. The van der Waals surface area contributed by atoms with Gasteiger partial charge < -0.3 is 10.1 Å². The van der Waals surface area contributed by atoms with Crippen molar-refractivity contribution in [1.82, 2.24) is 5.32 Å². The van der Waals surface area contributed by atoms with Gasteiger partial charge in [-0.05, 0) is 37.1 Å². The highest BCUT2D eigenvalue weighted by molar-refractivity contribution is 5.88. The van der Waals surface area contributed by atoms with Gasteiger partial charge >= 0.3 is 6.09 Å². The van der Waals surface area contributed by atoms with Crippen molar-refractivity contribution in [1.29, 1.82) is 0 Å². The summed E-state index contributed by atoms with van der Waals surface area (Å²) in [5.41, 5.74) is 1.77. The Kier molecular flexibility index (Phi) is 4.40. The Morgan fingerprint density at radius 1 is 1.45 bits per heavy atom. The van der Waals surface area contributed by atoms with Crippen molar-refractivity contribution >= 4 is 17.7 Å². The normalized spacial score (nSPS) is 16.2. The zero-order chi connectivity index (χ0) is 14.5. The first-order valence-electron chi connectivity index (χ1n) is 6.59. The highest BCUT2D eigenvalue weighted by Gasteiger charge is 2.21. The van der Waals surface area contributed by atoms with Crippen molar-refractivity contribution in [3.05, 3.63) is 42.5 Å². The van der Waals surface area contributed by atoms with E-state index in [-0.39, 0.29) is 18.0 Å². The number of anilines is 1. The van der Waals surface area contributed by atoms with Crippen LogP contribution in [0.15, 0.2) is 36.9 Å². The fourth-order valence-electron chi connectivity index (χ4n) is 2.08. The molecule has 1 aromatic rings. The Morgan fingerprint density at radius 2 is 2.15 bits per heavy atom. The topological polar surface area (TPSA) is 58.6 Å². The zero-order valence-corrected chi connectivity index (χ0v) is 11.5. The predicted molar refractivity (Wildman–Crippen MR) is 76.5 cm³/mol. The molecule has 0 aromatic heterocycles. The molecule has 0 radical (unpaired) electrons. The first-order chi connectivity index (χ1) is 9.61. The summed E-state index contributed by atoms with van der Waals surface area (Å²) in [5.74, 6) is -0.207. The van der Waals surface area contributed by atoms with E-state index in [1.54, 1.807) is 4.90 Å². The van der Waals surface area contributed by atoms with Crippen molar-refractivity contribution in [3.8, 4) is 0 Å². The van der Waals surface area contributed by atoms with Crippen LogP contribution >= 0.6 is 0 Å². The lowest BCUT2D eigenvalue weighted by atomic mass is 10.1.